The van der Waals surface area contributed by atoms with Crippen molar-refractivity contribution >= 4 is 0 Å². The highest BCUT2D eigenvalue weighted by atomic mass is 19.4. The van der Waals surface area contributed by atoms with E-state index in [0.29, 0.717) is 19.6 Å². The fourth-order valence-electron chi connectivity index (χ4n) is 2.01. The first-order chi connectivity index (χ1) is 7.57. The highest BCUT2D eigenvalue weighted by Gasteiger charge is 2.31. The van der Waals surface area contributed by atoms with E-state index in [1.54, 1.807) is 6.92 Å². The van der Waals surface area contributed by atoms with Gasteiger partial charge in [0.1, 0.15) is 0 Å². The Bertz CT molecular complexity index is 187. The average molecular weight is 254 g/mol. The van der Waals surface area contributed by atoms with Gasteiger partial charge < -0.3 is 5.73 Å². The van der Waals surface area contributed by atoms with Crippen molar-refractivity contribution in [3.8, 4) is 0 Å². The fourth-order valence-corrected chi connectivity index (χ4v) is 2.01. The Morgan fingerprint density at radius 2 is 1.71 bits per heavy atom. The van der Waals surface area contributed by atoms with Crippen LogP contribution in [0.2, 0.25) is 0 Å². The summed E-state index contributed by atoms with van der Waals surface area (Å²) in [4.78, 5) is 1.42. The zero-order valence-electron chi connectivity index (χ0n) is 11.3. The molecule has 0 radical (unpaired) electrons. The second-order valence-corrected chi connectivity index (χ2v) is 5.81. The van der Waals surface area contributed by atoms with Crippen LogP contribution in [0.15, 0.2) is 0 Å². The average Bonchev–Trinajstić information content (AvgIpc) is 2.11. The van der Waals surface area contributed by atoms with Crippen LogP contribution in [0.1, 0.15) is 34.1 Å². The van der Waals surface area contributed by atoms with Crippen LogP contribution < -0.4 is 5.73 Å². The summed E-state index contributed by atoms with van der Waals surface area (Å²) in [6, 6.07) is 0. The van der Waals surface area contributed by atoms with Gasteiger partial charge in [0.2, 0.25) is 0 Å². The molecular weight excluding hydrogens is 229 g/mol. The molecule has 0 amide bonds. The Morgan fingerprint density at radius 1 is 1.18 bits per heavy atom. The first kappa shape index (κ1) is 16.7. The highest BCUT2D eigenvalue weighted by Crippen LogP contribution is 2.25. The van der Waals surface area contributed by atoms with E-state index in [2.05, 4.69) is 20.8 Å². The lowest BCUT2D eigenvalue weighted by Crippen LogP contribution is -2.40. The normalized spacial score (nSPS) is 15.4. The summed E-state index contributed by atoms with van der Waals surface area (Å²) in [5.74, 6) is 0.123. The van der Waals surface area contributed by atoms with Gasteiger partial charge >= 0.3 is 6.18 Å². The van der Waals surface area contributed by atoms with Crippen LogP contribution in [0.5, 0.6) is 0 Å². The van der Waals surface area contributed by atoms with Crippen LogP contribution in [0.3, 0.4) is 0 Å². The number of nitrogens with two attached hydrogens (primary N) is 1. The molecule has 5 heteroatoms. The molecule has 0 rings (SSSR count). The van der Waals surface area contributed by atoms with E-state index in [0.717, 1.165) is 6.42 Å². The maximum atomic E-state index is 12.3. The van der Waals surface area contributed by atoms with Gasteiger partial charge in [0.25, 0.3) is 0 Å². The van der Waals surface area contributed by atoms with Gasteiger partial charge in [-0.15, -0.1) is 0 Å². The SMILES string of the molecule is CCN(CC(CN)CC(C)(C)C)CC(F)(F)F. The Hall–Kier alpha value is -0.290. The summed E-state index contributed by atoms with van der Waals surface area (Å²) in [7, 11) is 0. The maximum Gasteiger partial charge on any atom is 0.401 e. The molecule has 17 heavy (non-hydrogen) atoms. The maximum absolute atomic E-state index is 12.3. The quantitative estimate of drug-likeness (QED) is 0.789. The minimum atomic E-state index is -4.13. The predicted molar refractivity (Wildman–Crippen MR) is 64.8 cm³/mol. The monoisotopic (exact) mass is 254 g/mol. The number of hydrogen-bond donors (Lipinski definition) is 1. The van der Waals surface area contributed by atoms with E-state index in [1.807, 2.05) is 0 Å². The molecule has 0 aliphatic heterocycles. The van der Waals surface area contributed by atoms with Crippen molar-refractivity contribution in [3.05, 3.63) is 0 Å². The molecule has 0 heterocycles. The molecule has 0 aromatic carbocycles. The van der Waals surface area contributed by atoms with Crippen LogP contribution in [0.25, 0.3) is 0 Å². The smallest absolute Gasteiger partial charge is 0.330 e. The molecule has 104 valence electrons. The standard InChI is InChI=1S/C12H25F3N2/c1-5-17(9-12(13,14)15)8-10(7-16)6-11(2,3)4/h10H,5-9,16H2,1-4H3. The van der Waals surface area contributed by atoms with E-state index in [4.69, 9.17) is 5.73 Å². The van der Waals surface area contributed by atoms with E-state index in [-0.39, 0.29) is 11.3 Å². The Labute approximate surface area is 102 Å². The van der Waals surface area contributed by atoms with Crippen LogP contribution in [-0.4, -0.2) is 37.3 Å². The third-order valence-electron chi connectivity index (χ3n) is 2.60. The number of nitrogens with zero attached hydrogens (tertiary/aromatic N) is 1. The summed E-state index contributed by atoms with van der Waals surface area (Å²) in [5, 5.41) is 0. The lowest BCUT2D eigenvalue weighted by molar-refractivity contribution is -0.146. The molecule has 0 spiro atoms. The molecule has 1 atom stereocenters. The summed E-state index contributed by atoms with van der Waals surface area (Å²) in [5.41, 5.74) is 5.74. The number of alkyl halides is 3. The molecule has 0 bridgehead atoms. The van der Waals surface area contributed by atoms with Gasteiger partial charge in [-0.3, -0.25) is 4.90 Å². The first-order valence-corrected chi connectivity index (χ1v) is 6.06. The molecule has 0 saturated carbocycles. The van der Waals surface area contributed by atoms with Crippen molar-refractivity contribution in [1.29, 1.82) is 0 Å². The third-order valence-corrected chi connectivity index (χ3v) is 2.60. The largest absolute Gasteiger partial charge is 0.401 e. The summed E-state index contributed by atoms with van der Waals surface area (Å²) < 4.78 is 36.9. The number of hydrogen-bond acceptors (Lipinski definition) is 2. The third kappa shape index (κ3) is 9.41. The number of rotatable bonds is 6. The Balaban J connectivity index is 4.32. The van der Waals surface area contributed by atoms with Crippen LogP contribution in [0.4, 0.5) is 13.2 Å². The molecule has 2 N–H and O–H groups in total. The topological polar surface area (TPSA) is 29.3 Å². The lowest BCUT2D eigenvalue weighted by atomic mass is 9.84. The van der Waals surface area contributed by atoms with E-state index >= 15 is 0 Å². The van der Waals surface area contributed by atoms with Crippen LogP contribution in [-0.2, 0) is 0 Å². The van der Waals surface area contributed by atoms with Gasteiger partial charge in [0.15, 0.2) is 0 Å². The van der Waals surface area contributed by atoms with E-state index < -0.39 is 12.7 Å². The van der Waals surface area contributed by atoms with Crippen molar-refractivity contribution in [2.75, 3.05) is 26.2 Å². The second kappa shape index (κ2) is 6.59. The zero-order valence-corrected chi connectivity index (χ0v) is 11.3. The van der Waals surface area contributed by atoms with Crippen molar-refractivity contribution in [2.24, 2.45) is 17.1 Å². The van der Waals surface area contributed by atoms with Gasteiger partial charge in [0.05, 0.1) is 6.54 Å². The van der Waals surface area contributed by atoms with Gasteiger partial charge in [-0.2, -0.15) is 13.2 Å². The molecule has 0 fully saturated rings. The van der Waals surface area contributed by atoms with Crippen LogP contribution in [0, 0.1) is 11.3 Å². The molecule has 0 aliphatic carbocycles. The lowest BCUT2D eigenvalue weighted by Gasteiger charge is -2.30. The highest BCUT2D eigenvalue weighted by molar-refractivity contribution is 4.74. The van der Waals surface area contributed by atoms with Gasteiger partial charge in [-0.25, -0.2) is 0 Å². The molecule has 2 nitrogen and oxygen atoms in total. The summed E-state index contributed by atoms with van der Waals surface area (Å²) in [6.45, 7) is 8.40. The van der Waals surface area contributed by atoms with Crippen LogP contribution >= 0.6 is 0 Å². The Kier molecular flexibility index (Phi) is 6.48. The van der Waals surface area contributed by atoms with Crippen molar-refractivity contribution in [2.45, 2.75) is 40.3 Å². The minimum Gasteiger partial charge on any atom is -0.330 e. The van der Waals surface area contributed by atoms with Gasteiger partial charge in [0, 0.05) is 6.54 Å². The fraction of sp³-hybridized carbons (Fsp3) is 1.00. The second-order valence-electron chi connectivity index (χ2n) is 5.81. The molecule has 0 aromatic rings. The van der Waals surface area contributed by atoms with Crippen molar-refractivity contribution in [3.63, 3.8) is 0 Å². The first-order valence-electron chi connectivity index (χ1n) is 6.06. The minimum absolute atomic E-state index is 0.0989. The molecular formula is C12H25F3N2. The van der Waals surface area contributed by atoms with Gasteiger partial charge in [-0.05, 0) is 30.8 Å². The summed E-state index contributed by atoms with van der Waals surface area (Å²) in [6.07, 6.45) is -3.28. The zero-order chi connectivity index (χ0) is 13.7. The van der Waals surface area contributed by atoms with Crippen molar-refractivity contribution < 1.29 is 13.2 Å². The van der Waals surface area contributed by atoms with Gasteiger partial charge in [-0.1, -0.05) is 27.7 Å². The summed E-state index contributed by atoms with van der Waals surface area (Å²) >= 11 is 0. The van der Waals surface area contributed by atoms with E-state index in [9.17, 15) is 13.2 Å². The predicted octanol–water partition coefficient (Wildman–Crippen LogP) is 2.88. The molecule has 1 unspecified atom stereocenters. The molecule has 0 saturated heterocycles. The molecule has 0 aromatic heterocycles. The Morgan fingerprint density at radius 3 is 2.00 bits per heavy atom. The molecule has 0 aliphatic rings. The number of halogens is 3. The van der Waals surface area contributed by atoms with Crippen molar-refractivity contribution in [1.82, 2.24) is 4.90 Å². The van der Waals surface area contributed by atoms with E-state index in [1.165, 1.54) is 4.90 Å².